The predicted octanol–water partition coefficient (Wildman–Crippen LogP) is 3.74. The maximum absolute atomic E-state index is 5.71. The SMILES string of the molecule is C=C(C)CC(OCC)c1ccc(OC)cc1. The first-order valence-corrected chi connectivity index (χ1v) is 5.57. The van der Waals surface area contributed by atoms with Crippen molar-refractivity contribution in [1.29, 1.82) is 0 Å². The molecule has 0 fully saturated rings. The van der Waals surface area contributed by atoms with Crippen molar-refractivity contribution in [2.45, 2.75) is 26.4 Å². The van der Waals surface area contributed by atoms with Gasteiger partial charge in [0.1, 0.15) is 5.75 Å². The molecule has 1 aromatic rings. The number of methoxy groups -OCH3 is 1. The van der Waals surface area contributed by atoms with Crippen LogP contribution in [0.4, 0.5) is 0 Å². The number of benzene rings is 1. The van der Waals surface area contributed by atoms with Crippen molar-refractivity contribution < 1.29 is 9.47 Å². The number of ether oxygens (including phenoxy) is 2. The molecule has 0 bridgehead atoms. The molecule has 16 heavy (non-hydrogen) atoms. The molecule has 2 heteroatoms. The van der Waals surface area contributed by atoms with Crippen LogP contribution in [0.25, 0.3) is 0 Å². The minimum atomic E-state index is 0.105. The first-order chi connectivity index (χ1) is 7.67. The van der Waals surface area contributed by atoms with Gasteiger partial charge in [0.25, 0.3) is 0 Å². The van der Waals surface area contributed by atoms with Gasteiger partial charge in [0, 0.05) is 6.61 Å². The van der Waals surface area contributed by atoms with Gasteiger partial charge in [-0.15, -0.1) is 6.58 Å². The van der Waals surface area contributed by atoms with Gasteiger partial charge < -0.3 is 9.47 Å². The summed E-state index contributed by atoms with van der Waals surface area (Å²) in [5, 5.41) is 0. The molecule has 1 unspecified atom stereocenters. The van der Waals surface area contributed by atoms with Crippen molar-refractivity contribution in [2.24, 2.45) is 0 Å². The lowest BCUT2D eigenvalue weighted by molar-refractivity contribution is 0.0629. The van der Waals surface area contributed by atoms with Gasteiger partial charge >= 0.3 is 0 Å². The monoisotopic (exact) mass is 220 g/mol. The van der Waals surface area contributed by atoms with Crippen molar-refractivity contribution in [3.8, 4) is 5.75 Å². The largest absolute Gasteiger partial charge is 0.497 e. The molecule has 0 aliphatic carbocycles. The van der Waals surface area contributed by atoms with Crippen LogP contribution in [0.15, 0.2) is 36.4 Å². The van der Waals surface area contributed by atoms with E-state index in [2.05, 4.69) is 6.58 Å². The van der Waals surface area contributed by atoms with Crippen molar-refractivity contribution >= 4 is 0 Å². The lowest BCUT2D eigenvalue weighted by atomic mass is 10.0. The van der Waals surface area contributed by atoms with E-state index in [0.717, 1.165) is 17.7 Å². The molecule has 0 aliphatic heterocycles. The molecule has 1 aromatic carbocycles. The topological polar surface area (TPSA) is 18.5 Å². The second-order valence-corrected chi connectivity index (χ2v) is 3.88. The minimum absolute atomic E-state index is 0.105. The van der Waals surface area contributed by atoms with Crippen molar-refractivity contribution in [2.75, 3.05) is 13.7 Å². The van der Waals surface area contributed by atoms with Gasteiger partial charge in [0.2, 0.25) is 0 Å². The highest BCUT2D eigenvalue weighted by atomic mass is 16.5. The summed E-state index contributed by atoms with van der Waals surface area (Å²) in [4.78, 5) is 0. The maximum Gasteiger partial charge on any atom is 0.118 e. The van der Waals surface area contributed by atoms with Gasteiger partial charge in [-0.05, 0) is 38.0 Å². The zero-order chi connectivity index (χ0) is 12.0. The zero-order valence-corrected chi connectivity index (χ0v) is 10.3. The number of rotatable bonds is 6. The number of hydrogen-bond acceptors (Lipinski definition) is 2. The first-order valence-electron chi connectivity index (χ1n) is 5.57. The van der Waals surface area contributed by atoms with Crippen molar-refractivity contribution in [3.05, 3.63) is 42.0 Å². The van der Waals surface area contributed by atoms with Gasteiger partial charge in [-0.3, -0.25) is 0 Å². The van der Waals surface area contributed by atoms with Crippen LogP contribution >= 0.6 is 0 Å². The molecule has 0 aromatic heterocycles. The van der Waals surface area contributed by atoms with E-state index in [1.807, 2.05) is 38.1 Å². The van der Waals surface area contributed by atoms with E-state index in [0.29, 0.717) is 6.61 Å². The van der Waals surface area contributed by atoms with Crippen LogP contribution in [0.1, 0.15) is 31.9 Å². The Morgan fingerprint density at radius 3 is 2.38 bits per heavy atom. The van der Waals surface area contributed by atoms with Crippen molar-refractivity contribution in [1.82, 2.24) is 0 Å². The predicted molar refractivity (Wildman–Crippen MR) is 66.8 cm³/mol. The summed E-state index contributed by atoms with van der Waals surface area (Å²) in [5.74, 6) is 0.870. The van der Waals surface area contributed by atoms with E-state index in [9.17, 15) is 0 Å². The summed E-state index contributed by atoms with van der Waals surface area (Å²) in [6, 6.07) is 8.00. The van der Waals surface area contributed by atoms with E-state index in [4.69, 9.17) is 9.47 Å². The van der Waals surface area contributed by atoms with E-state index in [-0.39, 0.29) is 6.10 Å². The third-order valence-corrected chi connectivity index (χ3v) is 2.39. The van der Waals surface area contributed by atoms with Gasteiger partial charge in [-0.1, -0.05) is 17.7 Å². The molecule has 1 atom stereocenters. The molecule has 1 rings (SSSR count). The van der Waals surface area contributed by atoms with E-state index < -0.39 is 0 Å². The van der Waals surface area contributed by atoms with Gasteiger partial charge in [-0.2, -0.15) is 0 Å². The average molecular weight is 220 g/mol. The third-order valence-electron chi connectivity index (χ3n) is 2.39. The van der Waals surface area contributed by atoms with Crippen LogP contribution in [0.3, 0.4) is 0 Å². The van der Waals surface area contributed by atoms with E-state index >= 15 is 0 Å². The lowest BCUT2D eigenvalue weighted by Crippen LogP contribution is -2.04. The fourth-order valence-electron chi connectivity index (χ4n) is 1.61. The Kier molecular flexibility index (Phi) is 5.06. The average Bonchev–Trinajstić information content (AvgIpc) is 2.28. The Balaban J connectivity index is 2.79. The molecular weight excluding hydrogens is 200 g/mol. The smallest absolute Gasteiger partial charge is 0.118 e. The fraction of sp³-hybridized carbons (Fsp3) is 0.429. The molecule has 0 spiro atoms. The van der Waals surface area contributed by atoms with Crippen molar-refractivity contribution in [3.63, 3.8) is 0 Å². The Labute approximate surface area is 97.9 Å². The summed E-state index contributed by atoms with van der Waals surface area (Å²) in [7, 11) is 1.67. The molecule has 88 valence electrons. The van der Waals surface area contributed by atoms with Crippen LogP contribution in [0, 0.1) is 0 Å². The molecular formula is C14H20O2. The Morgan fingerprint density at radius 1 is 1.31 bits per heavy atom. The molecule has 0 heterocycles. The molecule has 0 radical (unpaired) electrons. The number of hydrogen-bond donors (Lipinski definition) is 0. The molecule has 0 aliphatic rings. The first kappa shape index (κ1) is 12.8. The van der Waals surface area contributed by atoms with Crippen LogP contribution in [-0.2, 0) is 4.74 Å². The maximum atomic E-state index is 5.71. The quantitative estimate of drug-likeness (QED) is 0.680. The summed E-state index contributed by atoms with van der Waals surface area (Å²) in [6.07, 6.45) is 0.966. The molecule has 0 saturated heterocycles. The van der Waals surface area contributed by atoms with Crippen LogP contribution in [-0.4, -0.2) is 13.7 Å². The van der Waals surface area contributed by atoms with Crippen LogP contribution in [0.2, 0.25) is 0 Å². The second kappa shape index (κ2) is 6.33. The fourth-order valence-corrected chi connectivity index (χ4v) is 1.61. The van der Waals surface area contributed by atoms with Gasteiger partial charge in [-0.25, -0.2) is 0 Å². The van der Waals surface area contributed by atoms with E-state index in [1.54, 1.807) is 7.11 Å². The molecule has 0 amide bonds. The summed E-state index contributed by atoms with van der Waals surface area (Å²) in [6.45, 7) is 8.68. The normalized spacial score (nSPS) is 12.2. The second-order valence-electron chi connectivity index (χ2n) is 3.88. The Morgan fingerprint density at radius 2 is 1.94 bits per heavy atom. The summed E-state index contributed by atoms with van der Waals surface area (Å²) < 4.78 is 10.8. The third kappa shape index (κ3) is 3.70. The van der Waals surface area contributed by atoms with Crippen LogP contribution < -0.4 is 4.74 Å². The Hall–Kier alpha value is -1.28. The van der Waals surface area contributed by atoms with Gasteiger partial charge in [0.15, 0.2) is 0 Å². The molecule has 2 nitrogen and oxygen atoms in total. The van der Waals surface area contributed by atoms with Crippen LogP contribution in [0.5, 0.6) is 5.75 Å². The molecule has 0 saturated carbocycles. The lowest BCUT2D eigenvalue weighted by Gasteiger charge is -2.17. The Bertz CT molecular complexity index is 327. The summed E-state index contributed by atoms with van der Waals surface area (Å²) in [5.41, 5.74) is 2.31. The highest BCUT2D eigenvalue weighted by molar-refractivity contribution is 5.29. The molecule has 0 N–H and O–H groups in total. The standard InChI is InChI=1S/C14H20O2/c1-5-16-14(10-11(2)3)12-6-8-13(15-4)9-7-12/h6-9,14H,2,5,10H2,1,3-4H3. The highest BCUT2D eigenvalue weighted by Gasteiger charge is 2.11. The minimum Gasteiger partial charge on any atom is -0.497 e. The van der Waals surface area contributed by atoms with Gasteiger partial charge in [0.05, 0.1) is 13.2 Å². The van der Waals surface area contributed by atoms with E-state index in [1.165, 1.54) is 5.56 Å². The zero-order valence-electron chi connectivity index (χ0n) is 10.3. The summed E-state index contributed by atoms with van der Waals surface area (Å²) >= 11 is 0. The highest BCUT2D eigenvalue weighted by Crippen LogP contribution is 2.25.